The van der Waals surface area contributed by atoms with Gasteiger partial charge in [0.15, 0.2) is 0 Å². The van der Waals surface area contributed by atoms with E-state index in [0.29, 0.717) is 11.5 Å². The van der Waals surface area contributed by atoms with E-state index in [0.717, 1.165) is 36.8 Å². The van der Waals surface area contributed by atoms with Gasteiger partial charge in [0.05, 0.1) is 12.1 Å². The molecule has 3 rings (SSSR count). The smallest absolute Gasteiger partial charge is 0.241 e. The Hall–Kier alpha value is -2.37. The summed E-state index contributed by atoms with van der Waals surface area (Å²) in [5.74, 6) is 0.794. The molecule has 1 amide bonds. The molecule has 0 radical (unpaired) electrons. The number of aromatic nitrogens is 2. The van der Waals surface area contributed by atoms with E-state index in [4.69, 9.17) is 5.73 Å². The summed E-state index contributed by atoms with van der Waals surface area (Å²) in [5, 5.41) is 3.99. The van der Waals surface area contributed by atoms with Crippen LogP contribution in [-0.4, -0.2) is 40.4 Å². The van der Waals surface area contributed by atoms with Gasteiger partial charge in [0.1, 0.15) is 12.1 Å². The van der Waals surface area contributed by atoms with Gasteiger partial charge in [0.25, 0.3) is 0 Å². The molecular formula is C15H19N5O. The lowest BCUT2D eigenvalue weighted by atomic mass is 10.1. The Labute approximate surface area is 123 Å². The Kier molecular flexibility index (Phi) is 3.85. The van der Waals surface area contributed by atoms with Crippen molar-refractivity contribution in [3.8, 4) is 0 Å². The Morgan fingerprint density at radius 1 is 1.24 bits per heavy atom. The second-order valence-corrected chi connectivity index (χ2v) is 5.29. The molecule has 1 aliphatic rings. The van der Waals surface area contributed by atoms with Gasteiger partial charge in [0.2, 0.25) is 5.91 Å². The van der Waals surface area contributed by atoms with Crippen LogP contribution in [-0.2, 0) is 4.79 Å². The molecule has 0 atom stereocenters. The molecule has 0 spiro atoms. The average Bonchev–Trinajstić information content (AvgIpc) is 2.53. The molecule has 0 bridgehead atoms. The SMILES string of the molecule is Nc1ccc2c(NCC(=O)N3CCCCC3)ncnc2c1. The van der Waals surface area contributed by atoms with Gasteiger partial charge in [-0.15, -0.1) is 0 Å². The minimum Gasteiger partial charge on any atom is -0.399 e. The number of fused-ring (bicyclic) bond motifs is 1. The largest absolute Gasteiger partial charge is 0.399 e. The molecule has 6 nitrogen and oxygen atoms in total. The molecule has 3 N–H and O–H groups in total. The van der Waals surface area contributed by atoms with E-state index in [1.54, 1.807) is 6.07 Å². The third-order valence-electron chi connectivity index (χ3n) is 3.78. The zero-order chi connectivity index (χ0) is 14.7. The second kappa shape index (κ2) is 5.95. The molecule has 1 aromatic carbocycles. The molecule has 21 heavy (non-hydrogen) atoms. The molecule has 1 saturated heterocycles. The predicted octanol–water partition coefficient (Wildman–Crippen LogP) is 1.64. The van der Waals surface area contributed by atoms with E-state index >= 15 is 0 Å². The van der Waals surface area contributed by atoms with Crippen molar-refractivity contribution in [2.45, 2.75) is 19.3 Å². The van der Waals surface area contributed by atoms with Crippen LogP contribution in [0.15, 0.2) is 24.5 Å². The highest BCUT2D eigenvalue weighted by molar-refractivity contribution is 5.92. The van der Waals surface area contributed by atoms with Crippen LogP contribution >= 0.6 is 0 Å². The Morgan fingerprint density at radius 2 is 2.05 bits per heavy atom. The maximum absolute atomic E-state index is 12.2. The number of piperidine rings is 1. The highest BCUT2D eigenvalue weighted by Crippen LogP contribution is 2.21. The van der Waals surface area contributed by atoms with E-state index in [1.165, 1.54) is 12.7 Å². The first-order valence-electron chi connectivity index (χ1n) is 7.26. The molecule has 110 valence electrons. The van der Waals surface area contributed by atoms with E-state index in [1.807, 2.05) is 17.0 Å². The maximum atomic E-state index is 12.2. The van der Waals surface area contributed by atoms with Crippen molar-refractivity contribution in [1.29, 1.82) is 0 Å². The summed E-state index contributed by atoms with van der Waals surface area (Å²) in [6, 6.07) is 5.48. The first-order chi connectivity index (χ1) is 10.2. The number of hydrogen-bond donors (Lipinski definition) is 2. The number of nitrogens with zero attached hydrogens (tertiary/aromatic N) is 3. The highest BCUT2D eigenvalue weighted by atomic mass is 16.2. The number of nitrogen functional groups attached to an aromatic ring is 1. The quantitative estimate of drug-likeness (QED) is 0.837. The number of amides is 1. The van der Waals surface area contributed by atoms with Crippen LogP contribution in [0.2, 0.25) is 0 Å². The summed E-state index contributed by atoms with van der Waals surface area (Å²) in [4.78, 5) is 22.5. The van der Waals surface area contributed by atoms with Gasteiger partial charge in [-0.3, -0.25) is 4.79 Å². The monoisotopic (exact) mass is 285 g/mol. The Balaban J connectivity index is 1.71. The number of nitrogens with two attached hydrogens (primary N) is 1. The molecule has 1 aliphatic heterocycles. The van der Waals surface area contributed by atoms with Crippen molar-refractivity contribution < 1.29 is 4.79 Å². The summed E-state index contributed by atoms with van der Waals surface area (Å²) in [6.07, 6.45) is 4.90. The molecule has 2 aromatic rings. The molecule has 1 fully saturated rings. The minimum atomic E-state index is 0.122. The molecular weight excluding hydrogens is 266 g/mol. The van der Waals surface area contributed by atoms with Gasteiger partial charge in [-0.25, -0.2) is 9.97 Å². The molecule has 0 unspecified atom stereocenters. The Morgan fingerprint density at radius 3 is 2.86 bits per heavy atom. The summed E-state index contributed by atoms with van der Waals surface area (Å²) >= 11 is 0. The molecule has 0 aliphatic carbocycles. The summed E-state index contributed by atoms with van der Waals surface area (Å²) < 4.78 is 0. The van der Waals surface area contributed by atoms with Crippen molar-refractivity contribution in [3.63, 3.8) is 0 Å². The van der Waals surface area contributed by atoms with Crippen LogP contribution in [0.25, 0.3) is 10.9 Å². The third-order valence-corrected chi connectivity index (χ3v) is 3.78. The van der Waals surface area contributed by atoms with Gasteiger partial charge in [-0.05, 0) is 37.5 Å². The van der Waals surface area contributed by atoms with Gasteiger partial charge in [-0.1, -0.05) is 0 Å². The van der Waals surface area contributed by atoms with Crippen LogP contribution in [0.5, 0.6) is 0 Å². The van der Waals surface area contributed by atoms with Crippen LogP contribution in [0.1, 0.15) is 19.3 Å². The zero-order valence-electron chi connectivity index (χ0n) is 11.9. The number of benzene rings is 1. The fourth-order valence-electron chi connectivity index (χ4n) is 2.63. The van der Waals surface area contributed by atoms with Crippen LogP contribution < -0.4 is 11.1 Å². The van der Waals surface area contributed by atoms with Crippen molar-refractivity contribution in [3.05, 3.63) is 24.5 Å². The van der Waals surface area contributed by atoms with Gasteiger partial charge < -0.3 is 16.0 Å². The van der Waals surface area contributed by atoms with E-state index in [2.05, 4.69) is 15.3 Å². The van der Waals surface area contributed by atoms with Crippen molar-refractivity contribution >= 4 is 28.3 Å². The number of hydrogen-bond acceptors (Lipinski definition) is 5. The molecule has 1 aromatic heterocycles. The number of rotatable bonds is 3. The molecule has 0 saturated carbocycles. The summed E-state index contributed by atoms with van der Waals surface area (Å²) in [6.45, 7) is 1.99. The van der Waals surface area contributed by atoms with Crippen LogP contribution in [0.4, 0.5) is 11.5 Å². The van der Waals surface area contributed by atoms with E-state index in [9.17, 15) is 4.79 Å². The lowest BCUT2D eigenvalue weighted by molar-refractivity contribution is -0.130. The zero-order valence-corrected chi connectivity index (χ0v) is 11.9. The van der Waals surface area contributed by atoms with Crippen molar-refractivity contribution in [2.75, 3.05) is 30.7 Å². The van der Waals surface area contributed by atoms with Crippen LogP contribution in [0, 0.1) is 0 Å². The average molecular weight is 285 g/mol. The first-order valence-corrected chi connectivity index (χ1v) is 7.26. The number of nitrogens with one attached hydrogen (secondary N) is 1. The highest BCUT2D eigenvalue weighted by Gasteiger charge is 2.16. The second-order valence-electron chi connectivity index (χ2n) is 5.29. The number of anilines is 2. The number of carbonyl (C=O) groups is 1. The molecule has 2 heterocycles. The number of carbonyl (C=O) groups excluding carboxylic acids is 1. The first kappa shape index (κ1) is 13.6. The normalized spacial score (nSPS) is 15.1. The van der Waals surface area contributed by atoms with Gasteiger partial charge in [0, 0.05) is 24.2 Å². The standard InChI is InChI=1S/C15H19N5O/c16-11-4-5-12-13(8-11)18-10-19-15(12)17-9-14(21)20-6-2-1-3-7-20/h4-5,8,10H,1-3,6-7,9,16H2,(H,17,18,19). The van der Waals surface area contributed by atoms with Crippen molar-refractivity contribution in [1.82, 2.24) is 14.9 Å². The minimum absolute atomic E-state index is 0.122. The number of likely N-dealkylation sites (tertiary alicyclic amines) is 1. The summed E-state index contributed by atoms with van der Waals surface area (Å²) in [7, 11) is 0. The molecule has 6 heteroatoms. The lowest BCUT2D eigenvalue weighted by Crippen LogP contribution is -2.39. The van der Waals surface area contributed by atoms with Crippen molar-refractivity contribution in [2.24, 2.45) is 0 Å². The van der Waals surface area contributed by atoms with Crippen LogP contribution in [0.3, 0.4) is 0 Å². The Bertz CT molecular complexity index is 652. The van der Waals surface area contributed by atoms with E-state index in [-0.39, 0.29) is 12.5 Å². The maximum Gasteiger partial charge on any atom is 0.241 e. The fraction of sp³-hybridized carbons (Fsp3) is 0.400. The van der Waals surface area contributed by atoms with Gasteiger partial charge >= 0.3 is 0 Å². The third kappa shape index (κ3) is 3.04. The summed E-state index contributed by atoms with van der Waals surface area (Å²) in [5.41, 5.74) is 7.19. The van der Waals surface area contributed by atoms with Gasteiger partial charge in [-0.2, -0.15) is 0 Å². The fourth-order valence-corrected chi connectivity index (χ4v) is 2.63. The predicted molar refractivity (Wildman–Crippen MR) is 82.9 cm³/mol. The van der Waals surface area contributed by atoms with E-state index < -0.39 is 0 Å². The topological polar surface area (TPSA) is 84.1 Å². The lowest BCUT2D eigenvalue weighted by Gasteiger charge is -2.26.